The lowest BCUT2D eigenvalue weighted by Crippen LogP contribution is -2.29. The van der Waals surface area contributed by atoms with Crippen molar-refractivity contribution >= 4 is 19.8 Å². The van der Waals surface area contributed by atoms with E-state index in [9.17, 15) is 19.0 Å². The van der Waals surface area contributed by atoms with Gasteiger partial charge in [-0.05, 0) is 57.8 Å². The number of phosphoric ester groups is 1. The molecule has 0 aliphatic carbocycles. The number of carbonyl (C=O) groups excluding carboxylic acids is 2. The maximum atomic E-state index is 12.5. The molecule has 0 fully saturated rings. The van der Waals surface area contributed by atoms with Crippen molar-refractivity contribution in [2.75, 3.05) is 26.4 Å². The second-order valence-corrected chi connectivity index (χ2v) is 14.7. The molecule has 1 unspecified atom stereocenters. The first-order chi connectivity index (χ1) is 24.8. The van der Waals surface area contributed by atoms with Crippen molar-refractivity contribution < 1.29 is 37.6 Å². The molecule has 9 nitrogen and oxygen atoms in total. The van der Waals surface area contributed by atoms with Crippen LogP contribution in [0.25, 0.3) is 0 Å². The molecule has 296 valence electrons. The number of hydrogen-bond acceptors (Lipinski definition) is 8. The molecule has 0 saturated heterocycles. The fourth-order valence-corrected chi connectivity index (χ4v) is 6.16. The van der Waals surface area contributed by atoms with Gasteiger partial charge < -0.3 is 20.1 Å². The number of phosphoric acid groups is 1. The van der Waals surface area contributed by atoms with Crippen LogP contribution in [0.5, 0.6) is 0 Å². The summed E-state index contributed by atoms with van der Waals surface area (Å²) in [6.45, 7) is 5.11. The molecule has 0 aromatic heterocycles. The minimum atomic E-state index is -4.38. The molecule has 10 heteroatoms. The van der Waals surface area contributed by atoms with Crippen LogP contribution >= 0.6 is 7.82 Å². The van der Waals surface area contributed by atoms with Gasteiger partial charge in [-0.1, -0.05) is 139 Å². The monoisotopic (exact) mass is 740 g/mol. The van der Waals surface area contributed by atoms with E-state index in [1.54, 1.807) is 0 Å². The number of esters is 2. The van der Waals surface area contributed by atoms with E-state index >= 15 is 0 Å². The largest absolute Gasteiger partial charge is 0.472 e. The van der Waals surface area contributed by atoms with Crippen molar-refractivity contribution in [3.8, 4) is 0 Å². The summed E-state index contributed by atoms with van der Waals surface area (Å²) in [6.07, 6.45) is 40.3. The molecule has 0 spiro atoms. The summed E-state index contributed by atoms with van der Waals surface area (Å²) in [6, 6.07) is 0. The quantitative estimate of drug-likeness (QED) is 0.0274. The summed E-state index contributed by atoms with van der Waals surface area (Å²) in [5.74, 6) is -0.853. The molecular formula is C41H74NO8P. The van der Waals surface area contributed by atoms with Crippen LogP contribution in [0, 0.1) is 0 Å². The van der Waals surface area contributed by atoms with Gasteiger partial charge in [-0.15, -0.1) is 6.58 Å². The zero-order valence-corrected chi connectivity index (χ0v) is 33.1. The van der Waals surface area contributed by atoms with Gasteiger partial charge in [0, 0.05) is 19.4 Å². The van der Waals surface area contributed by atoms with Crippen LogP contribution in [-0.2, 0) is 32.7 Å². The van der Waals surface area contributed by atoms with Crippen LogP contribution in [0.3, 0.4) is 0 Å². The molecule has 51 heavy (non-hydrogen) atoms. The third kappa shape index (κ3) is 37.5. The molecular weight excluding hydrogens is 665 g/mol. The van der Waals surface area contributed by atoms with Gasteiger partial charge in [-0.3, -0.25) is 18.6 Å². The van der Waals surface area contributed by atoms with E-state index in [2.05, 4.69) is 50.0 Å². The Balaban J connectivity index is 4.20. The molecule has 0 amide bonds. The molecule has 0 aliphatic heterocycles. The van der Waals surface area contributed by atoms with Crippen molar-refractivity contribution in [1.29, 1.82) is 0 Å². The molecule has 0 heterocycles. The Hall–Kier alpha value is -2.03. The fraction of sp³-hybridized carbons (Fsp3) is 0.756. The minimum absolute atomic E-state index is 0.0490. The normalized spacial score (nSPS) is 13.6. The highest BCUT2D eigenvalue weighted by Crippen LogP contribution is 2.43. The van der Waals surface area contributed by atoms with Crippen molar-refractivity contribution in [2.45, 2.75) is 174 Å². The number of allylic oxidation sites excluding steroid dienone is 7. The average Bonchev–Trinajstić information content (AvgIpc) is 3.11. The number of unbranched alkanes of at least 4 members (excludes halogenated alkanes) is 18. The van der Waals surface area contributed by atoms with E-state index in [0.717, 1.165) is 77.0 Å². The molecule has 3 N–H and O–H groups in total. The smallest absolute Gasteiger partial charge is 0.462 e. The SMILES string of the molecule is C=CCCCCCCCCCCCCCCCC(=O)O[C@H](COC(=O)CCCCCCC/C=C/C/C=C/C/C=C/CC)COP(=O)(O)OCCN. The molecule has 0 aromatic rings. The lowest BCUT2D eigenvalue weighted by molar-refractivity contribution is -0.161. The van der Waals surface area contributed by atoms with Gasteiger partial charge in [-0.25, -0.2) is 4.57 Å². The van der Waals surface area contributed by atoms with Gasteiger partial charge in [0.05, 0.1) is 13.2 Å². The van der Waals surface area contributed by atoms with Crippen LogP contribution in [0.2, 0.25) is 0 Å². The van der Waals surface area contributed by atoms with E-state index in [4.69, 9.17) is 24.3 Å². The fourth-order valence-electron chi connectivity index (χ4n) is 5.39. The Kier molecular flexibility index (Phi) is 36.2. The summed E-state index contributed by atoms with van der Waals surface area (Å²) in [5.41, 5.74) is 5.34. The number of rotatable bonds is 38. The van der Waals surface area contributed by atoms with Crippen LogP contribution in [0.15, 0.2) is 49.1 Å². The van der Waals surface area contributed by atoms with Crippen LogP contribution < -0.4 is 5.73 Å². The molecule has 0 saturated carbocycles. The second-order valence-electron chi connectivity index (χ2n) is 13.2. The molecule has 2 atom stereocenters. The molecule has 0 rings (SSSR count). The first-order valence-corrected chi connectivity index (χ1v) is 21.6. The first kappa shape index (κ1) is 49.0. The second kappa shape index (κ2) is 37.7. The summed E-state index contributed by atoms with van der Waals surface area (Å²) < 4.78 is 32.7. The van der Waals surface area contributed by atoms with Gasteiger partial charge in [0.2, 0.25) is 0 Å². The van der Waals surface area contributed by atoms with Crippen LogP contribution in [-0.4, -0.2) is 49.3 Å². The number of ether oxygens (including phenoxy) is 2. The van der Waals surface area contributed by atoms with Crippen molar-refractivity contribution in [2.24, 2.45) is 5.73 Å². The van der Waals surface area contributed by atoms with Gasteiger partial charge in [0.1, 0.15) is 6.61 Å². The van der Waals surface area contributed by atoms with Gasteiger partial charge in [0.25, 0.3) is 0 Å². The Morgan fingerprint density at radius 2 is 1.12 bits per heavy atom. The van der Waals surface area contributed by atoms with Crippen molar-refractivity contribution in [3.05, 3.63) is 49.1 Å². The third-order valence-corrected chi connectivity index (χ3v) is 9.33. The summed E-state index contributed by atoms with van der Waals surface area (Å²) in [7, 11) is -4.38. The predicted molar refractivity (Wildman–Crippen MR) is 210 cm³/mol. The first-order valence-electron chi connectivity index (χ1n) is 20.1. The summed E-state index contributed by atoms with van der Waals surface area (Å²) >= 11 is 0. The Bertz CT molecular complexity index is 967. The highest BCUT2D eigenvalue weighted by atomic mass is 31.2. The highest BCUT2D eigenvalue weighted by molar-refractivity contribution is 7.47. The zero-order chi connectivity index (χ0) is 37.5. The van der Waals surface area contributed by atoms with Gasteiger partial charge in [-0.2, -0.15) is 0 Å². The van der Waals surface area contributed by atoms with E-state index in [0.29, 0.717) is 12.8 Å². The highest BCUT2D eigenvalue weighted by Gasteiger charge is 2.26. The molecule has 0 aliphatic rings. The van der Waals surface area contributed by atoms with Gasteiger partial charge >= 0.3 is 19.8 Å². The van der Waals surface area contributed by atoms with Crippen LogP contribution in [0.4, 0.5) is 0 Å². The Labute approximate surface area is 311 Å². The maximum absolute atomic E-state index is 12.5. The van der Waals surface area contributed by atoms with Gasteiger partial charge in [0.15, 0.2) is 6.10 Å². The minimum Gasteiger partial charge on any atom is -0.462 e. The summed E-state index contributed by atoms with van der Waals surface area (Å²) in [5, 5.41) is 0. The van der Waals surface area contributed by atoms with Crippen LogP contribution in [0.1, 0.15) is 167 Å². The van der Waals surface area contributed by atoms with Crippen molar-refractivity contribution in [1.82, 2.24) is 0 Å². The maximum Gasteiger partial charge on any atom is 0.472 e. The number of carbonyl (C=O) groups is 2. The number of nitrogens with two attached hydrogens (primary N) is 1. The lowest BCUT2D eigenvalue weighted by atomic mass is 10.0. The topological polar surface area (TPSA) is 134 Å². The van der Waals surface area contributed by atoms with E-state index in [1.807, 2.05) is 6.08 Å². The lowest BCUT2D eigenvalue weighted by Gasteiger charge is -2.19. The van der Waals surface area contributed by atoms with E-state index < -0.39 is 32.5 Å². The van der Waals surface area contributed by atoms with E-state index in [-0.39, 0.29) is 32.6 Å². The third-order valence-electron chi connectivity index (χ3n) is 8.35. The van der Waals surface area contributed by atoms with Crippen molar-refractivity contribution in [3.63, 3.8) is 0 Å². The standard InChI is InChI=1S/C41H74NO8P/c1-3-5-7-9-11-13-15-17-19-21-23-25-27-29-31-33-40(43)47-37-39(38-49-51(45,46)48-36-35-42)50-41(44)34-32-30-28-26-24-22-20-18-16-14-12-10-8-6-4-2/h4-5,7,11,13,17,19,39H,2-3,6,8-10,12,14-16,18,20-38,42H2,1H3,(H,45,46)/b7-5+,13-11+,19-17+/t39-/m1/s1. The average molecular weight is 740 g/mol. The Morgan fingerprint density at radius 3 is 1.65 bits per heavy atom. The predicted octanol–water partition coefficient (Wildman–Crippen LogP) is 11.2. The Morgan fingerprint density at radius 1 is 0.647 bits per heavy atom. The molecule has 0 radical (unpaired) electrons. The summed E-state index contributed by atoms with van der Waals surface area (Å²) in [4.78, 5) is 34.8. The van der Waals surface area contributed by atoms with E-state index in [1.165, 1.54) is 57.8 Å². The number of hydrogen-bond donors (Lipinski definition) is 2. The molecule has 0 bridgehead atoms. The molecule has 0 aromatic carbocycles. The zero-order valence-electron chi connectivity index (χ0n) is 32.2.